The Kier molecular flexibility index (Phi) is 4.08. The van der Waals surface area contributed by atoms with Crippen LogP contribution < -0.4 is 5.32 Å². The van der Waals surface area contributed by atoms with Gasteiger partial charge in [-0.25, -0.2) is 0 Å². The third kappa shape index (κ3) is 3.21. The number of furan rings is 1. The Labute approximate surface area is 105 Å². The van der Waals surface area contributed by atoms with E-state index in [4.69, 9.17) is 4.42 Å². The normalized spacial score (nSPS) is 19.6. The Bertz CT molecular complexity index is 304. The Hall–Kier alpha value is -0.0300. The summed E-state index contributed by atoms with van der Waals surface area (Å²) in [5, 5.41) is 3.56. The topological polar surface area (TPSA) is 25.2 Å². The molecule has 0 aromatic carbocycles. The molecule has 1 aliphatic rings. The predicted octanol–water partition coefficient (Wildman–Crippen LogP) is 3.55. The fraction of sp³-hybridized carbons (Fsp3) is 0.667. The van der Waals surface area contributed by atoms with Gasteiger partial charge in [0.05, 0.1) is 6.54 Å². The van der Waals surface area contributed by atoms with Crippen molar-refractivity contribution < 1.29 is 4.42 Å². The van der Waals surface area contributed by atoms with Gasteiger partial charge in [0.25, 0.3) is 0 Å². The Morgan fingerprint density at radius 1 is 1.47 bits per heavy atom. The molecule has 1 atom stereocenters. The zero-order chi connectivity index (χ0) is 10.7. The summed E-state index contributed by atoms with van der Waals surface area (Å²) in [6, 6.07) is 4.68. The number of nitrogens with one attached hydrogen (secondary N) is 1. The summed E-state index contributed by atoms with van der Waals surface area (Å²) < 4.78 is 6.49. The smallest absolute Gasteiger partial charge is 0.164 e. The molecule has 2 rings (SSSR count). The van der Waals surface area contributed by atoms with Crippen molar-refractivity contribution in [2.75, 3.05) is 0 Å². The second-order valence-electron chi connectivity index (χ2n) is 4.42. The lowest BCUT2D eigenvalue weighted by Crippen LogP contribution is -2.31. The molecule has 0 amide bonds. The minimum atomic E-state index is 0.621. The van der Waals surface area contributed by atoms with Crippen LogP contribution in [0.4, 0.5) is 0 Å². The fourth-order valence-electron chi connectivity index (χ4n) is 2.33. The third-order valence-electron chi connectivity index (χ3n) is 3.33. The average Bonchev–Trinajstić information content (AvgIpc) is 2.84. The molecule has 2 nitrogen and oxygen atoms in total. The van der Waals surface area contributed by atoms with E-state index < -0.39 is 0 Å². The van der Waals surface area contributed by atoms with Gasteiger partial charge in [0.2, 0.25) is 0 Å². The maximum Gasteiger partial charge on any atom is 0.164 e. The first-order chi connectivity index (χ1) is 7.25. The van der Waals surface area contributed by atoms with Crippen LogP contribution in [0.5, 0.6) is 0 Å². The van der Waals surface area contributed by atoms with Crippen molar-refractivity contribution in [3.8, 4) is 0 Å². The van der Waals surface area contributed by atoms with Crippen LogP contribution in [0.3, 0.4) is 0 Å². The van der Waals surface area contributed by atoms with E-state index in [1.165, 1.54) is 25.7 Å². The van der Waals surface area contributed by atoms with Crippen molar-refractivity contribution in [1.82, 2.24) is 5.32 Å². The highest BCUT2D eigenvalue weighted by molar-refractivity contribution is 14.1. The van der Waals surface area contributed by atoms with Crippen molar-refractivity contribution in [3.63, 3.8) is 0 Å². The van der Waals surface area contributed by atoms with E-state index in [1.807, 2.05) is 6.07 Å². The van der Waals surface area contributed by atoms with Crippen LogP contribution >= 0.6 is 22.6 Å². The molecule has 1 N–H and O–H groups in total. The van der Waals surface area contributed by atoms with Crippen LogP contribution in [0.2, 0.25) is 0 Å². The van der Waals surface area contributed by atoms with Gasteiger partial charge in [0, 0.05) is 6.04 Å². The molecular formula is C12H18INO. The van der Waals surface area contributed by atoms with Gasteiger partial charge < -0.3 is 9.73 Å². The molecule has 0 unspecified atom stereocenters. The van der Waals surface area contributed by atoms with Gasteiger partial charge in [-0.3, -0.25) is 0 Å². The lowest BCUT2D eigenvalue weighted by atomic mass is 10.00. The van der Waals surface area contributed by atoms with Crippen molar-refractivity contribution in [2.24, 2.45) is 5.92 Å². The molecule has 84 valence electrons. The average molecular weight is 319 g/mol. The molecule has 1 aromatic rings. The quantitative estimate of drug-likeness (QED) is 0.859. The van der Waals surface area contributed by atoms with Crippen LogP contribution in [0.15, 0.2) is 16.5 Å². The van der Waals surface area contributed by atoms with Crippen LogP contribution in [0, 0.1) is 9.68 Å². The monoisotopic (exact) mass is 319 g/mol. The zero-order valence-corrected chi connectivity index (χ0v) is 11.3. The van der Waals surface area contributed by atoms with Gasteiger partial charge in [-0.2, -0.15) is 0 Å². The fourth-order valence-corrected chi connectivity index (χ4v) is 2.80. The van der Waals surface area contributed by atoms with Crippen molar-refractivity contribution in [2.45, 2.75) is 45.2 Å². The van der Waals surface area contributed by atoms with E-state index >= 15 is 0 Å². The first kappa shape index (κ1) is 11.5. The molecule has 0 spiro atoms. The van der Waals surface area contributed by atoms with Crippen molar-refractivity contribution in [3.05, 3.63) is 21.7 Å². The largest absolute Gasteiger partial charge is 0.454 e. The lowest BCUT2D eigenvalue weighted by molar-refractivity contribution is 0.360. The summed E-state index contributed by atoms with van der Waals surface area (Å²) in [5.74, 6) is 1.92. The number of hydrogen-bond donors (Lipinski definition) is 1. The highest BCUT2D eigenvalue weighted by Crippen LogP contribution is 2.27. The molecule has 1 aromatic heterocycles. The first-order valence-corrected chi connectivity index (χ1v) is 6.81. The van der Waals surface area contributed by atoms with Gasteiger partial charge in [-0.1, -0.05) is 12.8 Å². The van der Waals surface area contributed by atoms with Crippen LogP contribution in [-0.2, 0) is 6.54 Å². The third-order valence-corrected chi connectivity index (χ3v) is 3.91. The number of hydrogen-bond acceptors (Lipinski definition) is 2. The molecule has 1 aliphatic carbocycles. The second-order valence-corrected chi connectivity index (χ2v) is 5.48. The van der Waals surface area contributed by atoms with Crippen LogP contribution in [-0.4, -0.2) is 6.04 Å². The summed E-state index contributed by atoms with van der Waals surface area (Å²) >= 11 is 2.20. The van der Waals surface area contributed by atoms with Gasteiger partial charge in [0.1, 0.15) is 5.76 Å². The van der Waals surface area contributed by atoms with E-state index in [0.29, 0.717) is 6.04 Å². The van der Waals surface area contributed by atoms with E-state index in [2.05, 4.69) is 40.9 Å². The van der Waals surface area contributed by atoms with E-state index in [1.54, 1.807) is 0 Å². The molecule has 1 fully saturated rings. The summed E-state index contributed by atoms with van der Waals surface area (Å²) in [6.07, 6.45) is 5.61. The Morgan fingerprint density at radius 3 is 2.80 bits per heavy atom. The molecule has 3 heteroatoms. The maximum atomic E-state index is 5.52. The second kappa shape index (κ2) is 5.34. The summed E-state index contributed by atoms with van der Waals surface area (Å²) in [7, 11) is 0. The van der Waals surface area contributed by atoms with Crippen molar-refractivity contribution >= 4 is 22.6 Å². The Morgan fingerprint density at radius 2 is 2.20 bits per heavy atom. The molecule has 0 radical (unpaired) electrons. The highest BCUT2D eigenvalue weighted by atomic mass is 127. The van der Waals surface area contributed by atoms with E-state index in [-0.39, 0.29) is 0 Å². The summed E-state index contributed by atoms with van der Waals surface area (Å²) in [6.45, 7) is 3.16. The Balaban J connectivity index is 1.77. The zero-order valence-electron chi connectivity index (χ0n) is 9.13. The number of halogens is 1. The molecule has 15 heavy (non-hydrogen) atoms. The van der Waals surface area contributed by atoms with Crippen LogP contribution in [0.25, 0.3) is 0 Å². The highest BCUT2D eigenvalue weighted by Gasteiger charge is 2.21. The molecule has 0 saturated heterocycles. The molecule has 0 aliphatic heterocycles. The minimum absolute atomic E-state index is 0.621. The molecule has 1 heterocycles. The van der Waals surface area contributed by atoms with Crippen molar-refractivity contribution in [1.29, 1.82) is 0 Å². The van der Waals surface area contributed by atoms with Gasteiger partial charge in [-0.05, 0) is 60.4 Å². The van der Waals surface area contributed by atoms with E-state index in [9.17, 15) is 0 Å². The molecular weight excluding hydrogens is 301 g/mol. The maximum absolute atomic E-state index is 5.52. The summed E-state index contributed by atoms with van der Waals surface area (Å²) in [4.78, 5) is 0. The molecule has 0 bridgehead atoms. The predicted molar refractivity (Wildman–Crippen MR) is 69.7 cm³/mol. The van der Waals surface area contributed by atoms with Crippen LogP contribution in [0.1, 0.15) is 38.4 Å². The summed E-state index contributed by atoms with van der Waals surface area (Å²) in [5.41, 5.74) is 0. The first-order valence-electron chi connectivity index (χ1n) is 5.73. The molecule has 1 saturated carbocycles. The minimum Gasteiger partial charge on any atom is -0.454 e. The number of rotatable bonds is 4. The SMILES string of the molecule is C[C@@H](NCc1ccc(I)o1)C1CCCC1. The van der Waals surface area contributed by atoms with Gasteiger partial charge in [-0.15, -0.1) is 0 Å². The lowest BCUT2D eigenvalue weighted by Gasteiger charge is -2.19. The van der Waals surface area contributed by atoms with Gasteiger partial charge >= 0.3 is 0 Å². The van der Waals surface area contributed by atoms with E-state index in [0.717, 1.165) is 22.0 Å². The van der Waals surface area contributed by atoms with Gasteiger partial charge in [0.15, 0.2) is 3.77 Å². The standard InChI is InChI=1S/C12H18INO/c1-9(10-4-2-3-5-10)14-8-11-6-7-12(13)15-11/h6-7,9-10,14H,2-5,8H2,1H3/t9-/m1/s1.